The van der Waals surface area contributed by atoms with E-state index in [4.69, 9.17) is 0 Å². The Hall–Kier alpha value is -1.49. The molecule has 24 heavy (non-hydrogen) atoms. The normalized spacial score (nSPS) is 16.0. The molecule has 0 radical (unpaired) electrons. The van der Waals surface area contributed by atoms with Gasteiger partial charge in [-0.3, -0.25) is 4.79 Å². The summed E-state index contributed by atoms with van der Waals surface area (Å²) < 4.78 is 0. The quantitative estimate of drug-likeness (QED) is 0.800. The topological polar surface area (TPSA) is 46.1 Å². The second kappa shape index (κ2) is 6.43. The van der Waals surface area contributed by atoms with Gasteiger partial charge in [0.15, 0.2) is 0 Å². The van der Waals surface area contributed by atoms with Crippen LogP contribution in [-0.4, -0.2) is 32.9 Å². The molecule has 1 aliphatic carbocycles. The molecule has 1 atom stereocenters. The van der Waals surface area contributed by atoms with Crippen LogP contribution in [0.15, 0.2) is 0 Å². The van der Waals surface area contributed by atoms with Crippen molar-refractivity contribution in [3.63, 3.8) is 0 Å². The number of rotatable bonds is 5. The summed E-state index contributed by atoms with van der Waals surface area (Å²) in [6, 6.07) is 0.672. The summed E-state index contributed by atoms with van der Waals surface area (Å²) in [6.45, 7) is 12.7. The molecule has 5 heteroatoms. The van der Waals surface area contributed by atoms with Gasteiger partial charge < -0.3 is 4.90 Å². The predicted octanol–water partition coefficient (Wildman–Crippen LogP) is 4.52. The van der Waals surface area contributed by atoms with Crippen molar-refractivity contribution in [3.8, 4) is 0 Å². The SMILES string of the molecule is CCc1nc(C)c2c(C)c(C(=O)N(C3CC3)[C@@H](C)C(C)C)sc2n1. The van der Waals surface area contributed by atoms with E-state index in [1.807, 2.05) is 13.8 Å². The minimum atomic E-state index is 0.177. The van der Waals surface area contributed by atoms with E-state index in [0.717, 1.165) is 51.4 Å². The van der Waals surface area contributed by atoms with Gasteiger partial charge in [0.1, 0.15) is 10.7 Å². The van der Waals surface area contributed by atoms with Gasteiger partial charge in [0, 0.05) is 29.6 Å². The van der Waals surface area contributed by atoms with Gasteiger partial charge in [0.05, 0.1) is 4.88 Å². The van der Waals surface area contributed by atoms with Crippen LogP contribution in [-0.2, 0) is 6.42 Å². The van der Waals surface area contributed by atoms with Crippen molar-refractivity contribution in [1.29, 1.82) is 0 Å². The molecule has 1 saturated carbocycles. The monoisotopic (exact) mass is 345 g/mol. The number of carbonyl (C=O) groups is 1. The number of fused-ring (bicyclic) bond motifs is 1. The van der Waals surface area contributed by atoms with Crippen LogP contribution in [0.4, 0.5) is 0 Å². The smallest absolute Gasteiger partial charge is 0.264 e. The van der Waals surface area contributed by atoms with Gasteiger partial charge in [0.25, 0.3) is 5.91 Å². The number of aryl methyl sites for hydroxylation is 3. The zero-order valence-corrected chi connectivity index (χ0v) is 16.3. The second-order valence-electron chi connectivity index (χ2n) is 7.24. The first-order chi connectivity index (χ1) is 11.3. The predicted molar refractivity (Wildman–Crippen MR) is 99.8 cm³/mol. The molecule has 0 aliphatic heterocycles. The summed E-state index contributed by atoms with van der Waals surface area (Å²) >= 11 is 1.54. The molecule has 4 nitrogen and oxygen atoms in total. The molecule has 2 aromatic rings. The Balaban J connectivity index is 2.06. The number of aromatic nitrogens is 2. The molecule has 2 aromatic heterocycles. The van der Waals surface area contributed by atoms with Crippen molar-refractivity contribution < 1.29 is 4.79 Å². The van der Waals surface area contributed by atoms with E-state index < -0.39 is 0 Å². The molecule has 130 valence electrons. The van der Waals surface area contributed by atoms with Crippen LogP contribution in [0.5, 0.6) is 0 Å². The lowest BCUT2D eigenvalue weighted by atomic mass is 10.0. The first-order valence-electron chi connectivity index (χ1n) is 8.94. The van der Waals surface area contributed by atoms with Crippen LogP contribution in [0, 0.1) is 19.8 Å². The van der Waals surface area contributed by atoms with Crippen LogP contribution < -0.4 is 0 Å². The van der Waals surface area contributed by atoms with Gasteiger partial charge >= 0.3 is 0 Å². The highest BCUT2D eigenvalue weighted by molar-refractivity contribution is 7.20. The van der Waals surface area contributed by atoms with Crippen LogP contribution in [0.25, 0.3) is 10.2 Å². The number of thiophene rings is 1. The zero-order valence-electron chi connectivity index (χ0n) is 15.5. The van der Waals surface area contributed by atoms with Crippen LogP contribution >= 0.6 is 11.3 Å². The highest BCUT2D eigenvalue weighted by atomic mass is 32.1. The van der Waals surface area contributed by atoms with Crippen molar-refractivity contribution in [2.75, 3.05) is 0 Å². The summed E-state index contributed by atoms with van der Waals surface area (Å²) in [5, 5.41) is 1.06. The van der Waals surface area contributed by atoms with E-state index in [9.17, 15) is 4.79 Å². The second-order valence-corrected chi connectivity index (χ2v) is 8.24. The Labute approximate surface area is 148 Å². The third-order valence-corrected chi connectivity index (χ3v) is 6.28. The lowest BCUT2D eigenvalue weighted by Crippen LogP contribution is -2.43. The van der Waals surface area contributed by atoms with E-state index in [1.165, 1.54) is 11.3 Å². The fraction of sp³-hybridized carbons (Fsp3) is 0.632. The summed E-state index contributed by atoms with van der Waals surface area (Å²) in [7, 11) is 0. The van der Waals surface area contributed by atoms with Crippen molar-refractivity contribution in [2.45, 2.75) is 72.9 Å². The number of nitrogens with zero attached hydrogens (tertiary/aromatic N) is 3. The Morgan fingerprint density at radius 2 is 1.92 bits per heavy atom. The first-order valence-corrected chi connectivity index (χ1v) is 9.76. The van der Waals surface area contributed by atoms with Gasteiger partial charge in [-0.15, -0.1) is 11.3 Å². The molecule has 1 amide bonds. The standard InChI is InChI=1S/C19H27N3OS/c1-7-15-20-12(5)16-11(4)17(24-18(16)21-15)19(23)22(14-8-9-14)13(6)10(2)3/h10,13-14H,7-9H2,1-6H3/t13-/m0/s1. The maximum absolute atomic E-state index is 13.3. The van der Waals surface area contributed by atoms with Crippen molar-refractivity contribution in [1.82, 2.24) is 14.9 Å². The maximum atomic E-state index is 13.3. The van der Waals surface area contributed by atoms with Crippen molar-refractivity contribution in [2.24, 2.45) is 5.92 Å². The highest BCUT2D eigenvalue weighted by Gasteiger charge is 2.38. The Kier molecular flexibility index (Phi) is 4.65. The fourth-order valence-electron chi connectivity index (χ4n) is 3.23. The largest absolute Gasteiger partial charge is 0.332 e. The van der Waals surface area contributed by atoms with Gasteiger partial charge in [-0.2, -0.15) is 0 Å². The highest BCUT2D eigenvalue weighted by Crippen LogP contribution is 2.37. The molecule has 0 aromatic carbocycles. The van der Waals surface area contributed by atoms with Crippen LogP contribution in [0.1, 0.15) is 67.3 Å². The van der Waals surface area contributed by atoms with Gasteiger partial charge in [-0.05, 0) is 45.1 Å². The average Bonchev–Trinajstić information content (AvgIpc) is 3.30. The van der Waals surface area contributed by atoms with Gasteiger partial charge in [0.2, 0.25) is 0 Å². The number of hydrogen-bond acceptors (Lipinski definition) is 4. The fourth-order valence-corrected chi connectivity index (χ4v) is 4.43. The van der Waals surface area contributed by atoms with E-state index in [-0.39, 0.29) is 11.9 Å². The molecule has 1 fully saturated rings. The lowest BCUT2D eigenvalue weighted by molar-refractivity contribution is 0.0632. The van der Waals surface area contributed by atoms with E-state index in [1.54, 1.807) is 0 Å². The van der Waals surface area contributed by atoms with E-state index in [2.05, 4.69) is 42.6 Å². The molecule has 0 unspecified atom stereocenters. The molecule has 3 rings (SSSR count). The third kappa shape index (κ3) is 2.94. The summed E-state index contributed by atoms with van der Waals surface area (Å²) in [5.41, 5.74) is 2.03. The van der Waals surface area contributed by atoms with Crippen molar-refractivity contribution >= 4 is 27.5 Å². The Bertz CT molecular complexity index is 777. The molecule has 2 heterocycles. The zero-order chi connectivity index (χ0) is 17.6. The minimum absolute atomic E-state index is 0.177. The Morgan fingerprint density at radius 1 is 1.25 bits per heavy atom. The Morgan fingerprint density at radius 3 is 2.46 bits per heavy atom. The summed E-state index contributed by atoms with van der Waals surface area (Å²) in [4.78, 5) is 26.5. The average molecular weight is 346 g/mol. The summed E-state index contributed by atoms with van der Waals surface area (Å²) in [6.07, 6.45) is 3.08. The molecule has 1 aliphatic rings. The van der Waals surface area contributed by atoms with E-state index in [0.29, 0.717) is 12.0 Å². The first kappa shape index (κ1) is 17.3. The molecular formula is C19H27N3OS. The molecule has 0 bridgehead atoms. The number of carbonyl (C=O) groups excluding carboxylic acids is 1. The molecule has 0 spiro atoms. The van der Waals surface area contributed by atoms with Crippen LogP contribution in [0.3, 0.4) is 0 Å². The minimum Gasteiger partial charge on any atom is -0.332 e. The number of hydrogen-bond donors (Lipinski definition) is 0. The maximum Gasteiger partial charge on any atom is 0.264 e. The molecule has 0 saturated heterocycles. The van der Waals surface area contributed by atoms with Gasteiger partial charge in [-0.25, -0.2) is 9.97 Å². The summed E-state index contributed by atoms with van der Waals surface area (Å²) in [5.74, 6) is 1.49. The molecule has 0 N–H and O–H groups in total. The van der Waals surface area contributed by atoms with Gasteiger partial charge in [-0.1, -0.05) is 20.8 Å². The molecular weight excluding hydrogens is 318 g/mol. The van der Waals surface area contributed by atoms with E-state index >= 15 is 0 Å². The third-order valence-electron chi connectivity index (χ3n) is 5.11. The lowest BCUT2D eigenvalue weighted by Gasteiger charge is -2.32. The van der Waals surface area contributed by atoms with Crippen molar-refractivity contribution in [3.05, 3.63) is 22.0 Å². The van der Waals surface area contributed by atoms with Crippen LogP contribution in [0.2, 0.25) is 0 Å². The number of amides is 1.